The van der Waals surface area contributed by atoms with Crippen molar-refractivity contribution in [3.8, 4) is 11.3 Å². The normalized spacial score (nSPS) is 14.3. The summed E-state index contributed by atoms with van der Waals surface area (Å²) in [6.45, 7) is 6.31. The van der Waals surface area contributed by atoms with Gasteiger partial charge in [-0.15, -0.1) is 0 Å². The fourth-order valence-corrected chi connectivity index (χ4v) is 4.11. The molecule has 1 amide bonds. The third-order valence-corrected chi connectivity index (χ3v) is 5.81. The van der Waals surface area contributed by atoms with E-state index in [-0.39, 0.29) is 5.91 Å². The minimum atomic E-state index is -0.226. The molecule has 0 aliphatic carbocycles. The number of benzene rings is 1. The zero-order chi connectivity index (χ0) is 22.6. The fourth-order valence-electron chi connectivity index (χ4n) is 4.11. The molecule has 33 heavy (non-hydrogen) atoms. The number of rotatable bonds is 5. The number of fused-ring (bicyclic) bond motifs is 1. The first-order chi connectivity index (χ1) is 16.2. The number of hydrogen-bond donors (Lipinski definition) is 2. The lowest BCUT2D eigenvalue weighted by Crippen LogP contribution is -3.12. The summed E-state index contributed by atoms with van der Waals surface area (Å²) in [6.07, 6.45) is 3.60. The Balaban J connectivity index is 1.40. The van der Waals surface area contributed by atoms with Gasteiger partial charge in [-0.25, -0.2) is 9.97 Å². The number of anilines is 1. The molecule has 4 heterocycles. The number of nitrogens with one attached hydrogen (secondary N) is 2. The highest BCUT2D eigenvalue weighted by atomic mass is 16.5. The molecule has 0 saturated carbocycles. The third kappa shape index (κ3) is 4.89. The molecule has 0 radical (unpaired) electrons. The van der Waals surface area contributed by atoms with E-state index in [4.69, 9.17) is 9.72 Å². The first kappa shape index (κ1) is 21.2. The molecule has 7 nitrogen and oxygen atoms in total. The summed E-state index contributed by atoms with van der Waals surface area (Å²) in [7, 11) is 0. The van der Waals surface area contributed by atoms with Gasteiger partial charge in [-0.05, 0) is 42.8 Å². The van der Waals surface area contributed by atoms with Crippen LogP contribution in [0.3, 0.4) is 0 Å². The highest BCUT2D eigenvalue weighted by molar-refractivity contribution is 6.11. The molecule has 0 unspecified atom stereocenters. The summed E-state index contributed by atoms with van der Waals surface area (Å²) in [5.41, 5.74) is 4.89. The quantitative estimate of drug-likeness (QED) is 0.499. The molecule has 4 aromatic rings. The summed E-state index contributed by atoms with van der Waals surface area (Å²) in [5, 5.41) is 3.87. The number of nitrogens with zero attached hydrogens (tertiary/aromatic N) is 3. The molecule has 0 bridgehead atoms. The van der Waals surface area contributed by atoms with Gasteiger partial charge in [0.05, 0.1) is 35.7 Å². The predicted molar refractivity (Wildman–Crippen MR) is 127 cm³/mol. The van der Waals surface area contributed by atoms with Gasteiger partial charge in [-0.3, -0.25) is 9.78 Å². The Bertz CT molecular complexity index is 1300. The summed E-state index contributed by atoms with van der Waals surface area (Å²) in [4.78, 5) is 28.4. The molecule has 1 aliphatic rings. The molecule has 1 fully saturated rings. The van der Waals surface area contributed by atoms with Crippen molar-refractivity contribution < 1.29 is 14.4 Å². The van der Waals surface area contributed by atoms with Crippen molar-refractivity contribution in [3.63, 3.8) is 0 Å². The minimum Gasteiger partial charge on any atom is -0.370 e. The number of aryl methyl sites for hydroxylation is 1. The van der Waals surface area contributed by atoms with Crippen molar-refractivity contribution in [1.82, 2.24) is 15.0 Å². The van der Waals surface area contributed by atoms with Crippen molar-refractivity contribution in [2.45, 2.75) is 13.5 Å². The van der Waals surface area contributed by atoms with Crippen LogP contribution in [-0.2, 0) is 11.3 Å². The second-order valence-electron chi connectivity index (χ2n) is 8.33. The standard InChI is InChI=1S/C26H25N5O2/c1-18-14-20(16-27-15-18)23-9-8-19-4-2-6-22(25(19)29-23)26(32)30-24-7-3-5-21(28-24)17-31-10-12-33-13-11-31/h2-9,14-16H,10-13,17H2,1H3,(H,28,30,32)/p+1. The Hall–Kier alpha value is -3.68. The van der Waals surface area contributed by atoms with Gasteiger partial charge < -0.3 is 15.0 Å². The summed E-state index contributed by atoms with van der Waals surface area (Å²) in [5.74, 6) is 0.317. The minimum absolute atomic E-state index is 0.226. The van der Waals surface area contributed by atoms with Crippen LogP contribution < -0.4 is 10.2 Å². The Morgan fingerprint density at radius 3 is 2.73 bits per heavy atom. The van der Waals surface area contributed by atoms with E-state index in [0.717, 1.165) is 60.7 Å². The number of morpholine rings is 1. The van der Waals surface area contributed by atoms with Crippen molar-refractivity contribution in [1.29, 1.82) is 0 Å². The molecule has 1 saturated heterocycles. The van der Waals surface area contributed by atoms with Crippen LogP contribution in [-0.4, -0.2) is 47.2 Å². The van der Waals surface area contributed by atoms with Crippen molar-refractivity contribution in [3.05, 3.63) is 83.8 Å². The van der Waals surface area contributed by atoms with Gasteiger partial charge in [0.25, 0.3) is 5.91 Å². The van der Waals surface area contributed by atoms with Gasteiger partial charge in [0.2, 0.25) is 0 Å². The van der Waals surface area contributed by atoms with E-state index in [9.17, 15) is 4.79 Å². The number of para-hydroxylation sites is 1. The zero-order valence-electron chi connectivity index (χ0n) is 18.5. The summed E-state index contributed by atoms with van der Waals surface area (Å²) < 4.78 is 5.43. The molecule has 5 rings (SSSR count). The van der Waals surface area contributed by atoms with Gasteiger partial charge in [0.15, 0.2) is 0 Å². The molecule has 0 atom stereocenters. The SMILES string of the molecule is Cc1cncc(-c2ccc3cccc(C(=O)Nc4cccc(C[NH+]5CCOCC5)n4)c3n2)c1. The highest BCUT2D eigenvalue weighted by Crippen LogP contribution is 2.24. The molecule has 3 aromatic heterocycles. The van der Waals surface area contributed by atoms with Gasteiger partial charge in [-0.2, -0.15) is 0 Å². The van der Waals surface area contributed by atoms with Crippen LogP contribution in [0.4, 0.5) is 5.82 Å². The summed E-state index contributed by atoms with van der Waals surface area (Å²) >= 11 is 0. The number of pyridine rings is 3. The first-order valence-corrected chi connectivity index (χ1v) is 11.2. The van der Waals surface area contributed by atoms with Crippen molar-refractivity contribution >= 4 is 22.6 Å². The van der Waals surface area contributed by atoms with Crippen LogP contribution in [0.1, 0.15) is 21.6 Å². The van der Waals surface area contributed by atoms with Gasteiger partial charge in [0.1, 0.15) is 25.5 Å². The van der Waals surface area contributed by atoms with Crippen LogP contribution in [0.2, 0.25) is 0 Å². The number of hydrogen-bond acceptors (Lipinski definition) is 5. The Kier molecular flexibility index (Phi) is 6.06. The maximum absolute atomic E-state index is 13.2. The summed E-state index contributed by atoms with van der Waals surface area (Å²) in [6, 6.07) is 17.4. The topological polar surface area (TPSA) is 81.4 Å². The molecule has 1 aliphatic heterocycles. The first-order valence-electron chi connectivity index (χ1n) is 11.2. The van der Waals surface area contributed by atoms with Crippen LogP contribution in [0, 0.1) is 6.92 Å². The third-order valence-electron chi connectivity index (χ3n) is 5.81. The molecule has 2 N–H and O–H groups in total. The van der Waals surface area contributed by atoms with Crippen LogP contribution >= 0.6 is 0 Å². The number of ether oxygens (including phenoxy) is 1. The lowest BCUT2D eigenvalue weighted by molar-refractivity contribution is -0.921. The predicted octanol–water partition coefficient (Wildman–Crippen LogP) is 2.67. The highest BCUT2D eigenvalue weighted by Gasteiger charge is 2.17. The average Bonchev–Trinajstić information content (AvgIpc) is 2.84. The molecule has 7 heteroatoms. The van der Waals surface area contributed by atoms with E-state index in [1.807, 2.05) is 61.7 Å². The molecular weight excluding hydrogens is 414 g/mol. The van der Waals surface area contributed by atoms with Crippen LogP contribution in [0.25, 0.3) is 22.2 Å². The zero-order valence-corrected chi connectivity index (χ0v) is 18.5. The maximum atomic E-state index is 13.2. The fraction of sp³-hybridized carbons (Fsp3) is 0.231. The Morgan fingerprint density at radius 2 is 1.88 bits per heavy atom. The number of aromatic nitrogens is 3. The van der Waals surface area contributed by atoms with E-state index in [0.29, 0.717) is 16.9 Å². The van der Waals surface area contributed by atoms with Crippen LogP contribution in [0.15, 0.2) is 67.0 Å². The Morgan fingerprint density at radius 1 is 1.03 bits per heavy atom. The number of amides is 1. The lowest BCUT2D eigenvalue weighted by atomic mass is 10.1. The van der Waals surface area contributed by atoms with Crippen molar-refractivity contribution in [2.75, 3.05) is 31.6 Å². The average molecular weight is 441 g/mol. The molecule has 166 valence electrons. The van der Waals surface area contributed by atoms with E-state index in [1.54, 1.807) is 12.3 Å². The molecular formula is C26H26N5O2+. The number of carbonyl (C=O) groups is 1. The largest absolute Gasteiger partial charge is 0.370 e. The van der Waals surface area contributed by atoms with Gasteiger partial charge in [0, 0.05) is 23.3 Å². The lowest BCUT2D eigenvalue weighted by Gasteiger charge is -2.23. The van der Waals surface area contributed by atoms with E-state index in [2.05, 4.69) is 15.3 Å². The smallest absolute Gasteiger partial charge is 0.259 e. The van der Waals surface area contributed by atoms with E-state index >= 15 is 0 Å². The molecule has 0 spiro atoms. The maximum Gasteiger partial charge on any atom is 0.259 e. The second kappa shape index (κ2) is 9.44. The van der Waals surface area contributed by atoms with E-state index in [1.165, 1.54) is 4.90 Å². The van der Waals surface area contributed by atoms with Crippen LogP contribution in [0.5, 0.6) is 0 Å². The van der Waals surface area contributed by atoms with E-state index < -0.39 is 0 Å². The monoisotopic (exact) mass is 440 g/mol. The van der Waals surface area contributed by atoms with Crippen molar-refractivity contribution in [2.24, 2.45) is 0 Å². The second-order valence-corrected chi connectivity index (χ2v) is 8.33. The van der Waals surface area contributed by atoms with Gasteiger partial charge >= 0.3 is 0 Å². The number of carbonyl (C=O) groups excluding carboxylic acids is 1. The Labute approximate surface area is 192 Å². The van der Waals surface area contributed by atoms with Gasteiger partial charge in [-0.1, -0.05) is 24.3 Å². The number of quaternary nitrogens is 1. The molecule has 1 aromatic carbocycles.